The zero-order valence-electron chi connectivity index (χ0n) is 11.3. The second kappa shape index (κ2) is 6.90. The maximum Gasteiger partial charge on any atom is 0.0931 e. The molecule has 1 aromatic heterocycles. The van der Waals surface area contributed by atoms with Crippen LogP contribution in [0.25, 0.3) is 0 Å². The molecule has 1 aromatic rings. The third-order valence-corrected chi connectivity index (χ3v) is 4.64. The number of nitrogens with one attached hydrogen (secondary N) is 1. The van der Waals surface area contributed by atoms with E-state index in [0.717, 1.165) is 16.8 Å². The fourth-order valence-electron chi connectivity index (χ4n) is 2.53. The van der Waals surface area contributed by atoms with Gasteiger partial charge in [-0.15, -0.1) is 11.3 Å². The fourth-order valence-corrected chi connectivity index (χ4v) is 3.57. The van der Waals surface area contributed by atoms with Crippen molar-refractivity contribution in [1.82, 2.24) is 10.2 Å². The minimum absolute atomic E-state index is 0.675. The third kappa shape index (κ3) is 4.54. The summed E-state index contributed by atoms with van der Waals surface area (Å²) in [4.78, 5) is 3.93. The zero-order chi connectivity index (χ0) is 13.0. The highest BCUT2D eigenvalue weighted by molar-refractivity contribution is 7.16. The quantitative estimate of drug-likeness (QED) is 0.889. The average molecular weight is 287 g/mol. The van der Waals surface area contributed by atoms with Gasteiger partial charge in [0.2, 0.25) is 0 Å². The Hall–Kier alpha value is -0.0900. The van der Waals surface area contributed by atoms with Gasteiger partial charge in [-0.25, -0.2) is 0 Å². The van der Waals surface area contributed by atoms with Crippen molar-refractivity contribution in [1.29, 1.82) is 0 Å². The summed E-state index contributed by atoms with van der Waals surface area (Å²) in [5.41, 5.74) is 0. The van der Waals surface area contributed by atoms with Crippen LogP contribution in [0.4, 0.5) is 0 Å². The lowest BCUT2D eigenvalue weighted by atomic mass is 10.0. The Kier molecular flexibility index (Phi) is 5.49. The Morgan fingerprint density at radius 1 is 1.39 bits per heavy atom. The van der Waals surface area contributed by atoms with Gasteiger partial charge in [-0.3, -0.25) is 0 Å². The van der Waals surface area contributed by atoms with Crippen molar-refractivity contribution in [2.45, 2.75) is 39.3 Å². The fraction of sp³-hybridized carbons (Fsp3) is 0.714. The van der Waals surface area contributed by atoms with Crippen molar-refractivity contribution in [2.75, 3.05) is 19.6 Å². The first-order chi connectivity index (χ1) is 8.63. The minimum atomic E-state index is 0.675. The highest BCUT2D eigenvalue weighted by atomic mass is 35.5. The van der Waals surface area contributed by atoms with E-state index in [4.69, 9.17) is 11.6 Å². The first-order valence-electron chi connectivity index (χ1n) is 6.83. The van der Waals surface area contributed by atoms with Gasteiger partial charge in [-0.1, -0.05) is 25.4 Å². The Morgan fingerprint density at radius 3 is 2.67 bits per heavy atom. The lowest BCUT2D eigenvalue weighted by Gasteiger charge is -2.33. The molecule has 0 unspecified atom stereocenters. The molecule has 1 aliphatic rings. The summed E-state index contributed by atoms with van der Waals surface area (Å²) in [6.07, 6.45) is 2.54. The lowest BCUT2D eigenvalue weighted by Crippen LogP contribution is -2.43. The molecule has 0 aliphatic carbocycles. The van der Waals surface area contributed by atoms with E-state index >= 15 is 0 Å². The van der Waals surface area contributed by atoms with Crippen molar-refractivity contribution in [3.8, 4) is 0 Å². The Bertz CT molecular complexity index is 356. The van der Waals surface area contributed by atoms with Crippen LogP contribution in [0.5, 0.6) is 0 Å². The number of rotatable bonds is 5. The van der Waals surface area contributed by atoms with Crippen LogP contribution in [-0.4, -0.2) is 30.6 Å². The molecular formula is C14H23ClN2S. The maximum atomic E-state index is 5.93. The molecule has 2 nitrogen and oxygen atoms in total. The normalized spacial score (nSPS) is 18.7. The Morgan fingerprint density at radius 2 is 2.11 bits per heavy atom. The van der Waals surface area contributed by atoms with E-state index in [1.807, 2.05) is 6.07 Å². The largest absolute Gasteiger partial charge is 0.309 e. The van der Waals surface area contributed by atoms with Crippen molar-refractivity contribution in [3.05, 3.63) is 21.3 Å². The predicted octanol–water partition coefficient (Wildman–Crippen LogP) is 3.61. The zero-order valence-corrected chi connectivity index (χ0v) is 12.9. The van der Waals surface area contributed by atoms with Gasteiger partial charge in [0.15, 0.2) is 0 Å². The summed E-state index contributed by atoms with van der Waals surface area (Å²) in [6.45, 7) is 9.28. The number of hydrogen-bond acceptors (Lipinski definition) is 3. The van der Waals surface area contributed by atoms with E-state index in [0.29, 0.717) is 6.04 Å². The van der Waals surface area contributed by atoms with E-state index < -0.39 is 0 Å². The highest BCUT2D eigenvalue weighted by Crippen LogP contribution is 2.21. The molecule has 18 heavy (non-hydrogen) atoms. The van der Waals surface area contributed by atoms with Crippen molar-refractivity contribution < 1.29 is 0 Å². The van der Waals surface area contributed by atoms with Gasteiger partial charge < -0.3 is 10.2 Å². The lowest BCUT2D eigenvalue weighted by molar-refractivity contribution is 0.179. The van der Waals surface area contributed by atoms with Gasteiger partial charge in [-0.2, -0.15) is 0 Å². The van der Waals surface area contributed by atoms with Crippen LogP contribution in [-0.2, 0) is 6.54 Å². The van der Waals surface area contributed by atoms with E-state index in [1.165, 1.54) is 37.4 Å². The van der Waals surface area contributed by atoms with Gasteiger partial charge in [0.05, 0.1) is 4.34 Å². The standard InChI is InChI=1S/C14H23ClN2S/c1-11(2)10-17-7-5-12(6-8-17)16-9-13-3-4-14(15)18-13/h3-4,11-12,16H,5-10H2,1-2H3. The van der Waals surface area contributed by atoms with Gasteiger partial charge in [0.25, 0.3) is 0 Å². The number of nitrogens with zero attached hydrogens (tertiary/aromatic N) is 1. The summed E-state index contributed by atoms with van der Waals surface area (Å²) in [5.74, 6) is 0.780. The molecule has 1 aliphatic heterocycles. The van der Waals surface area contributed by atoms with Gasteiger partial charge in [0, 0.05) is 24.0 Å². The summed E-state index contributed by atoms with van der Waals surface area (Å²) < 4.78 is 0.888. The molecule has 0 atom stereocenters. The summed E-state index contributed by atoms with van der Waals surface area (Å²) in [6, 6.07) is 4.77. The monoisotopic (exact) mass is 286 g/mol. The molecule has 0 saturated carbocycles. The van der Waals surface area contributed by atoms with Crippen LogP contribution < -0.4 is 5.32 Å². The summed E-state index contributed by atoms with van der Waals surface area (Å²) >= 11 is 7.61. The van der Waals surface area contributed by atoms with E-state index in [1.54, 1.807) is 11.3 Å². The number of piperidine rings is 1. The topological polar surface area (TPSA) is 15.3 Å². The molecular weight excluding hydrogens is 264 g/mol. The van der Waals surface area contributed by atoms with Gasteiger partial charge in [-0.05, 0) is 44.0 Å². The Labute approximate surface area is 119 Å². The van der Waals surface area contributed by atoms with E-state index in [-0.39, 0.29) is 0 Å². The van der Waals surface area contributed by atoms with Gasteiger partial charge >= 0.3 is 0 Å². The molecule has 0 bridgehead atoms. The van der Waals surface area contributed by atoms with Crippen LogP contribution in [0.15, 0.2) is 12.1 Å². The first kappa shape index (κ1) is 14.3. The van der Waals surface area contributed by atoms with Crippen molar-refractivity contribution in [2.24, 2.45) is 5.92 Å². The SMILES string of the molecule is CC(C)CN1CCC(NCc2ccc(Cl)s2)CC1. The number of thiophene rings is 1. The molecule has 1 saturated heterocycles. The summed E-state index contributed by atoms with van der Waals surface area (Å²) in [5, 5.41) is 3.65. The highest BCUT2D eigenvalue weighted by Gasteiger charge is 2.19. The number of likely N-dealkylation sites (tertiary alicyclic amines) is 1. The molecule has 0 aromatic carbocycles. The second-order valence-electron chi connectivity index (χ2n) is 5.56. The molecule has 1 N–H and O–H groups in total. The van der Waals surface area contributed by atoms with Crippen molar-refractivity contribution >= 4 is 22.9 Å². The molecule has 102 valence electrons. The van der Waals surface area contributed by atoms with Crippen LogP contribution >= 0.6 is 22.9 Å². The van der Waals surface area contributed by atoms with Crippen LogP contribution in [0.3, 0.4) is 0 Å². The van der Waals surface area contributed by atoms with E-state index in [9.17, 15) is 0 Å². The smallest absolute Gasteiger partial charge is 0.0931 e. The Balaban J connectivity index is 1.67. The molecule has 0 amide bonds. The van der Waals surface area contributed by atoms with Crippen LogP contribution in [0, 0.1) is 5.92 Å². The molecule has 0 spiro atoms. The third-order valence-electron chi connectivity index (χ3n) is 3.40. The van der Waals surface area contributed by atoms with E-state index in [2.05, 4.69) is 30.1 Å². The number of halogens is 1. The predicted molar refractivity (Wildman–Crippen MR) is 80.5 cm³/mol. The molecule has 0 radical (unpaired) electrons. The minimum Gasteiger partial charge on any atom is -0.309 e. The second-order valence-corrected chi connectivity index (χ2v) is 7.36. The average Bonchev–Trinajstić information content (AvgIpc) is 2.74. The molecule has 1 fully saturated rings. The molecule has 2 rings (SSSR count). The van der Waals surface area contributed by atoms with Crippen LogP contribution in [0.1, 0.15) is 31.6 Å². The van der Waals surface area contributed by atoms with Crippen molar-refractivity contribution in [3.63, 3.8) is 0 Å². The molecule has 2 heterocycles. The number of hydrogen-bond donors (Lipinski definition) is 1. The van der Waals surface area contributed by atoms with Gasteiger partial charge in [0.1, 0.15) is 0 Å². The summed E-state index contributed by atoms with van der Waals surface area (Å²) in [7, 11) is 0. The van der Waals surface area contributed by atoms with Crippen LogP contribution in [0.2, 0.25) is 4.34 Å². The molecule has 4 heteroatoms. The maximum absolute atomic E-state index is 5.93. The first-order valence-corrected chi connectivity index (χ1v) is 8.03.